The van der Waals surface area contributed by atoms with Crippen LogP contribution in [0, 0.1) is 0 Å². The Labute approximate surface area is 106 Å². The van der Waals surface area contributed by atoms with Crippen molar-refractivity contribution < 1.29 is 9.90 Å². The Morgan fingerprint density at radius 3 is 2.12 bits per heavy atom. The van der Waals surface area contributed by atoms with E-state index in [1.54, 1.807) is 0 Å². The molecule has 0 aliphatic carbocycles. The minimum Gasteiger partial charge on any atom is -0.481 e. The number of unbranched alkanes of at least 4 members (excludes halogenated alkanes) is 6. The van der Waals surface area contributed by atoms with Gasteiger partial charge in [0.2, 0.25) is 0 Å². The zero-order chi connectivity index (χ0) is 12.9. The molecule has 1 unspecified atom stereocenters. The third-order valence-electron chi connectivity index (χ3n) is 3.14. The second-order valence-electron chi connectivity index (χ2n) is 4.96. The van der Waals surface area contributed by atoms with E-state index >= 15 is 0 Å². The Morgan fingerprint density at radius 2 is 1.53 bits per heavy atom. The average Bonchev–Trinajstić information content (AvgIpc) is 2.29. The molecule has 0 heterocycles. The highest BCUT2D eigenvalue weighted by Gasteiger charge is 2.03. The van der Waals surface area contributed by atoms with Crippen molar-refractivity contribution in [3.05, 3.63) is 0 Å². The van der Waals surface area contributed by atoms with E-state index in [4.69, 9.17) is 10.8 Å². The molecule has 0 radical (unpaired) electrons. The number of carbonyl (C=O) groups is 1. The Morgan fingerprint density at radius 1 is 1.00 bits per heavy atom. The zero-order valence-electron chi connectivity index (χ0n) is 11.3. The molecule has 0 saturated heterocycles. The molecule has 3 nitrogen and oxygen atoms in total. The van der Waals surface area contributed by atoms with Crippen molar-refractivity contribution >= 4 is 5.97 Å². The molecule has 0 aromatic rings. The van der Waals surface area contributed by atoms with Crippen LogP contribution in [0.4, 0.5) is 0 Å². The Balaban J connectivity index is 3.17. The second kappa shape index (κ2) is 11.9. The highest BCUT2D eigenvalue weighted by atomic mass is 16.4. The highest BCUT2D eigenvalue weighted by Crippen LogP contribution is 2.11. The van der Waals surface area contributed by atoms with Crippen molar-refractivity contribution in [3.8, 4) is 0 Å². The lowest BCUT2D eigenvalue weighted by molar-refractivity contribution is -0.137. The minimum atomic E-state index is -0.700. The van der Waals surface area contributed by atoms with Crippen LogP contribution in [0.3, 0.4) is 0 Å². The number of carboxylic acids is 1. The van der Waals surface area contributed by atoms with Gasteiger partial charge in [-0.15, -0.1) is 0 Å². The molecule has 0 aliphatic heterocycles. The van der Waals surface area contributed by atoms with Gasteiger partial charge in [0.05, 0.1) is 0 Å². The molecule has 3 N–H and O–H groups in total. The lowest BCUT2D eigenvalue weighted by Gasteiger charge is -2.10. The highest BCUT2D eigenvalue weighted by molar-refractivity contribution is 5.66. The van der Waals surface area contributed by atoms with Crippen LogP contribution in [0.15, 0.2) is 0 Å². The van der Waals surface area contributed by atoms with Gasteiger partial charge in [-0.3, -0.25) is 4.79 Å². The first-order chi connectivity index (χ1) is 8.16. The van der Waals surface area contributed by atoms with Crippen LogP contribution in [0.5, 0.6) is 0 Å². The number of carboxylic acid groups (broad SMARTS) is 1. The van der Waals surface area contributed by atoms with Gasteiger partial charge in [-0.05, 0) is 19.3 Å². The summed E-state index contributed by atoms with van der Waals surface area (Å²) in [7, 11) is 0. The fourth-order valence-electron chi connectivity index (χ4n) is 2.01. The predicted molar refractivity (Wildman–Crippen MR) is 72.1 cm³/mol. The number of rotatable bonds is 12. The van der Waals surface area contributed by atoms with Gasteiger partial charge in [0.15, 0.2) is 0 Å². The minimum absolute atomic E-state index is 0.273. The molecular weight excluding hydrogens is 214 g/mol. The number of aliphatic carboxylic acids is 1. The molecule has 0 bridgehead atoms. The normalized spacial score (nSPS) is 12.6. The summed E-state index contributed by atoms with van der Waals surface area (Å²) in [5.74, 6) is -0.700. The summed E-state index contributed by atoms with van der Waals surface area (Å²) >= 11 is 0. The van der Waals surface area contributed by atoms with Crippen LogP contribution >= 0.6 is 0 Å². The Bertz CT molecular complexity index is 183. The standard InChI is InChI=1S/C14H29NO2/c1-2-3-4-5-6-7-10-13(15)11-8-9-12-14(16)17/h13H,2-12,15H2,1H3,(H,16,17). The fourth-order valence-corrected chi connectivity index (χ4v) is 2.01. The first-order valence-corrected chi connectivity index (χ1v) is 7.14. The summed E-state index contributed by atoms with van der Waals surface area (Å²) < 4.78 is 0. The molecule has 0 rings (SSSR count). The van der Waals surface area contributed by atoms with Gasteiger partial charge in [-0.1, -0.05) is 51.9 Å². The van der Waals surface area contributed by atoms with E-state index in [1.165, 1.54) is 38.5 Å². The lowest BCUT2D eigenvalue weighted by Crippen LogP contribution is -2.19. The summed E-state index contributed by atoms with van der Waals surface area (Å²) in [5.41, 5.74) is 5.98. The third kappa shape index (κ3) is 13.4. The quantitative estimate of drug-likeness (QED) is 0.514. The van der Waals surface area contributed by atoms with Gasteiger partial charge in [0.1, 0.15) is 0 Å². The van der Waals surface area contributed by atoms with E-state index in [9.17, 15) is 4.79 Å². The van der Waals surface area contributed by atoms with E-state index < -0.39 is 5.97 Å². The maximum Gasteiger partial charge on any atom is 0.303 e. The van der Waals surface area contributed by atoms with Crippen LogP contribution in [0.2, 0.25) is 0 Å². The summed E-state index contributed by atoms with van der Waals surface area (Å²) in [4.78, 5) is 10.3. The first-order valence-electron chi connectivity index (χ1n) is 7.14. The van der Waals surface area contributed by atoms with E-state index in [1.807, 2.05) is 0 Å². The van der Waals surface area contributed by atoms with Gasteiger partial charge in [-0.25, -0.2) is 0 Å². The molecule has 102 valence electrons. The Kier molecular flexibility index (Phi) is 11.5. The molecule has 0 fully saturated rings. The lowest BCUT2D eigenvalue weighted by atomic mass is 10.0. The smallest absolute Gasteiger partial charge is 0.303 e. The van der Waals surface area contributed by atoms with Crippen molar-refractivity contribution in [1.82, 2.24) is 0 Å². The molecule has 0 aliphatic rings. The largest absolute Gasteiger partial charge is 0.481 e. The van der Waals surface area contributed by atoms with Crippen molar-refractivity contribution in [3.63, 3.8) is 0 Å². The monoisotopic (exact) mass is 243 g/mol. The van der Waals surface area contributed by atoms with Gasteiger partial charge in [-0.2, -0.15) is 0 Å². The van der Waals surface area contributed by atoms with E-state index in [0.717, 1.165) is 25.7 Å². The fraction of sp³-hybridized carbons (Fsp3) is 0.929. The molecule has 0 spiro atoms. The molecule has 1 atom stereocenters. The Hall–Kier alpha value is -0.570. The molecule has 0 saturated carbocycles. The SMILES string of the molecule is CCCCCCCCC(N)CCCCC(=O)O. The summed E-state index contributed by atoms with van der Waals surface area (Å²) in [6, 6.07) is 0.273. The number of hydrogen-bond acceptors (Lipinski definition) is 2. The van der Waals surface area contributed by atoms with Crippen molar-refractivity contribution in [2.45, 2.75) is 83.6 Å². The van der Waals surface area contributed by atoms with Crippen LogP contribution < -0.4 is 5.73 Å². The van der Waals surface area contributed by atoms with Crippen LogP contribution in [-0.2, 0) is 4.79 Å². The molecule has 0 aromatic carbocycles. The average molecular weight is 243 g/mol. The second-order valence-corrected chi connectivity index (χ2v) is 4.96. The van der Waals surface area contributed by atoms with Crippen LogP contribution in [-0.4, -0.2) is 17.1 Å². The summed E-state index contributed by atoms with van der Waals surface area (Å²) in [6.45, 7) is 2.23. The van der Waals surface area contributed by atoms with Gasteiger partial charge in [0.25, 0.3) is 0 Å². The molecular formula is C14H29NO2. The van der Waals surface area contributed by atoms with Gasteiger partial charge >= 0.3 is 5.97 Å². The van der Waals surface area contributed by atoms with Crippen molar-refractivity contribution in [2.24, 2.45) is 5.73 Å². The van der Waals surface area contributed by atoms with Crippen LogP contribution in [0.1, 0.15) is 77.6 Å². The summed E-state index contributed by atoms with van der Waals surface area (Å²) in [6.07, 6.45) is 11.9. The summed E-state index contributed by atoms with van der Waals surface area (Å²) in [5, 5.41) is 8.49. The van der Waals surface area contributed by atoms with Gasteiger partial charge in [0, 0.05) is 12.5 Å². The van der Waals surface area contributed by atoms with Gasteiger partial charge < -0.3 is 10.8 Å². The van der Waals surface area contributed by atoms with E-state index in [0.29, 0.717) is 0 Å². The number of nitrogens with two attached hydrogens (primary N) is 1. The van der Waals surface area contributed by atoms with Crippen LogP contribution in [0.25, 0.3) is 0 Å². The third-order valence-corrected chi connectivity index (χ3v) is 3.14. The maximum atomic E-state index is 10.3. The first kappa shape index (κ1) is 16.4. The van der Waals surface area contributed by atoms with Crippen molar-refractivity contribution in [1.29, 1.82) is 0 Å². The predicted octanol–water partition coefficient (Wildman–Crippen LogP) is 3.71. The molecule has 0 amide bonds. The maximum absolute atomic E-state index is 10.3. The zero-order valence-corrected chi connectivity index (χ0v) is 11.3. The van der Waals surface area contributed by atoms with Crippen molar-refractivity contribution in [2.75, 3.05) is 0 Å². The number of hydrogen-bond donors (Lipinski definition) is 2. The molecule has 0 aromatic heterocycles. The molecule has 17 heavy (non-hydrogen) atoms. The van der Waals surface area contributed by atoms with E-state index in [-0.39, 0.29) is 12.5 Å². The van der Waals surface area contributed by atoms with E-state index in [2.05, 4.69) is 6.92 Å². The molecule has 3 heteroatoms. The topological polar surface area (TPSA) is 63.3 Å².